The van der Waals surface area contributed by atoms with Gasteiger partial charge in [-0.2, -0.15) is 0 Å². The molecule has 5 aliphatic rings. The van der Waals surface area contributed by atoms with Crippen molar-refractivity contribution in [3.05, 3.63) is 28.8 Å². The molecule has 0 aromatic heterocycles. The third kappa shape index (κ3) is 4.39. The largest absolute Gasteiger partial charge is 0.508 e. The van der Waals surface area contributed by atoms with E-state index in [1.807, 2.05) is 12.1 Å². The molecule has 0 amide bonds. The van der Waals surface area contributed by atoms with Gasteiger partial charge in [0, 0.05) is 31.0 Å². The maximum absolute atomic E-state index is 10.6. The molecule has 1 aromatic rings. The Kier molecular flexibility index (Phi) is 7.20. The van der Waals surface area contributed by atoms with Crippen LogP contribution in [0.2, 0.25) is 0 Å². The fourth-order valence-electron chi connectivity index (χ4n) is 8.61. The number of phenolic OH excluding ortho intramolecular Hbond substituents is 1. The molecule has 2 saturated heterocycles. The molecule has 1 spiro atoms. The van der Waals surface area contributed by atoms with Crippen molar-refractivity contribution in [3.8, 4) is 17.6 Å². The molecule has 36 heavy (non-hydrogen) atoms. The number of benzene rings is 1. The van der Waals surface area contributed by atoms with E-state index in [-0.39, 0.29) is 29.6 Å². The SMILES string of the molecule is CCCNCc1cc(O)cc2c1CC1CCCC(C1)C13CCC(C(C)(C)O1)C(N)(CCO)C3C#CC2. The van der Waals surface area contributed by atoms with E-state index in [4.69, 9.17) is 10.5 Å². The second-order valence-corrected chi connectivity index (χ2v) is 12.6. The first kappa shape index (κ1) is 26.0. The standard InChI is InChI=1S/C31H46N2O3/c1-4-14-33-20-23-19-25(35)18-22-8-6-10-28-30(32,13-15-34)27-11-12-31(28,36-29(27,2)3)24-9-5-7-21(16-24)17-26(22)23/h18-19,21,24,27-28,33-35H,4-5,7-9,11-17,20,32H2,1-3H3. The summed E-state index contributed by atoms with van der Waals surface area (Å²) >= 11 is 0. The molecule has 0 radical (unpaired) electrons. The van der Waals surface area contributed by atoms with Crippen molar-refractivity contribution in [2.45, 2.75) is 108 Å². The van der Waals surface area contributed by atoms with Gasteiger partial charge in [-0.3, -0.25) is 0 Å². The lowest BCUT2D eigenvalue weighted by Gasteiger charge is -2.68. The molecule has 198 valence electrons. The van der Waals surface area contributed by atoms with Gasteiger partial charge in [0.25, 0.3) is 0 Å². The first-order valence-corrected chi connectivity index (χ1v) is 14.4. The maximum atomic E-state index is 10.6. The molecule has 1 aromatic carbocycles. The molecular formula is C31H46N2O3. The van der Waals surface area contributed by atoms with Gasteiger partial charge < -0.3 is 26.0 Å². The number of nitrogens with one attached hydrogen (secondary N) is 1. The van der Waals surface area contributed by atoms with Crippen LogP contribution in [0.25, 0.3) is 0 Å². The number of rotatable bonds is 6. The monoisotopic (exact) mass is 494 g/mol. The third-order valence-corrected chi connectivity index (χ3v) is 9.99. The number of ether oxygens (including phenoxy) is 1. The highest BCUT2D eigenvalue weighted by molar-refractivity contribution is 5.44. The summed E-state index contributed by atoms with van der Waals surface area (Å²) in [5, 5.41) is 24.2. The van der Waals surface area contributed by atoms with Crippen molar-refractivity contribution >= 4 is 0 Å². The number of aromatic hydroxyl groups is 1. The Bertz CT molecular complexity index is 1030. The zero-order valence-electron chi connectivity index (χ0n) is 22.5. The minimum absolute atomic E-state index is 0.0788. The molecule has 5 N–H and O–H groups in total. The Morgan fingerprint density at radius 3 is 2.81 bits per heavy atom. The maximum Gasteiger partial charge on any atom is 0.116 e. The molecule has 4 bridgehead atoms. The lowest BCUT2D eigenvalue weighted by atomic mass is 9.48. The highest BCUT2D eigenvalue weighted by atomic mass is 16.5. The fraction of sp³-hybridized carbons (Fsp3) is 0.742. The van der Waals surface area contributed by atoms with E-state index < -0.39 is 5.54 Å². The molecule has 2 heterocycles. The van der Waals surface area contributed by atoms with Crippen LogP contribution in [-0.2, 0) is 24.1 Å². The summed E-state index contributed by atoms with van der Waals surface area (Å²) in [5.74, 6) is 8.65. The molecule has 3 aliphatic carbocycles. The van der Waals surface area contributed by atoms with Crippen LogP contribution in [0, 0.1) is 35.5 Å². The minimum atomic E-state index is -0.556. The summed E-state index contributed by atoms with van der Waals surface area (Å²) in [5.41, 5.74) is 9.83. The van der Waals surface area contributed by atoms with E-state index in [0.717, 1.165) is 57.2 Å². The molecule has 4 fully saturated rings. The van der Waals surface area contributed by atoms with Crippen molar-refractivity contribution in [3.63, 3.8) is 0 Å². The van der Waals surface area contributed by atoms with Crippen molar-refractivity contribution in [1.82, 2.24) is 5.32 Å². The Hall–Kier alpha value is -1.58. The summed E-state index contributed by atoms with van der Waals surface area (Å²) in [7, 11) is 0. The Labute approximate surface area is 217 Å². The molecule has 5 nitrogen and oxygen atoms in total. The number of phenols is 1. The third-order valence-electron chi connectivity index (χ3n) is 9.99. The summed E-state index contributed by atoms with van der Waals surface area (Å²) in [6.45, 7) is 8.43. The number of aliphatic hydroxyl groups excluding tert-OH is 1. The number of hydrogen-bond acceptors (Lipinski definition) is 5. The second kappa shape index (κ2) is 9.95. The van der Waals surface area contributed by atoms with Crippen LogP contribution < -0.4 is 11.1 Å². The van der Waals surface area contributed by atoms with E-state index in [0.29, 0.717) is 30.4 Å². The van der Waals surface area contributed by atoms with Crippen LogP contribution >= 0.6 is 0 Å². The van der Waals surface area contributed by atoms with Crippen molar-refractivity contribution in [2.75, 3.05) is 13.2 Å². The van der Waals surface area contributed by atoms with Gasteiger partial charge in [0.05, 0.1) is 17.1 Å². The van der Waals surface area contributed by atoms with Gasteiger partial charge in [0.15, 0.2) is 0 Å². The highest BCUT2D eigenvalue weighted by Gasteiger charge is 2.68. The smallest absolute Gasteiger partial charge is 0.116 e. The Morgan fingerprint density at radius 2 is 2.06 bits per heavy atom. The lowest BCUT2D eigenvalue weighted by molar-refractivity contribution is -0.306. The molecular weight excluding hydrogens is 448 g/mol. The summed E-state index contributed by atoms with van der Waals surface area (Å²) in [6, 6.07) is 3.88. The predicted molar refractivity (Wildman–Crippen MR) is 143 cm³/mol. The first-order valence-electron chi connectivity index (χ1n) is 14.4. The zero-order chi connectivity index (χ0) is 25.6. The number of hydrogen-bond donors (Lipinski definition) is 4. The molecule has 6 unspecified atom stereocenters. The zero-order valence-corrected chi connectivity index (χ0v) is 22.5. The van der Waals surface area contributed by atoms with Crippen molar-refractivity contribution in [2.24, 2.45) is 29.4 Å². The predicted octanol–water partition coefficient (Wildman–Crippen LogP) is 4.45. The molecule has 2 aliphatic heterocycles. The minimum Gasteiger partial charge on any atom is -0.508 e. The van der Waals surface area contributed by atoms with Gasteiger partial charge in [-0.1, -0.05) is 31.6 Å². The van der Waals surface area contributed by atoms with Crippen LogP contribution in [0.4, 0.5) is 0 Å². The number of aliphatic hydroxyl groups is 1. The summed E-state index contributed by atoms with van der Waals surface area (Å²) < 4.78 is 7.14. The van der Waals surface area contributed by atoms with E-state index >= 15 is 0 Å². The van der Waals surface area contributed by atoms with Crippen LogP contribution in [0.15, 0.2) is 12.1 Å². The normalized spacial score (nSPS) is 36.7. The van der Waals surface area contributed by atoms with E-state index in [2.05, 4.69) is 37.9 Å². The van der Waals surface area contributed by atoms with Gasteiger partial charge in [-0.25, -0.2) is 0 Å². The van der Waals surface area contributed by atoms with E-state index in [1.165, 1.54) is 24.0 Å². The quantitative estimate of drug-likeness (QED) is 0.347. The Morgan fingerprint density at radius 1 is 1.22 bits per heavy atom. The van der Waals surface area contributed by atoms with Gasteiger partial charge >= 0.3 is 0 Å². The van der Waals surface area contributed by atoms with Gasteiger partial charge in [-0.05, 0) is 106 Å². The van der Waals surface area contributed by atoms with Crippen molar-refractivity contribution in [1.29, 1.82) is 0 Å². The number of nitrogens with two attached hydrogens (primary N) is 1. The molecule has 2 saturated carbocycles. The van der Waals surface area contributed by atoms with Crippen molar-refractivity contribution < 1.29 is 14.9 Å². The number of fused-ring (bicyclic) bond motifs is 5. The average molecular weight is 495 g/mol. The molecule has 6 rings (SSSR count). The first-order chi connectivity index (χ1) is 17.2. The van der Waals surface area contributed by atoms with Gasteiger partial charge in [0.2, 0.25) is 0 Å². The van der Waals surface area contributed by atoms with E-state index in [1.54, 1.807) is 0 Å². The fourth-order valence-corrected chi connectivity index (χ4v) is 8.61. The van der Waals surface area contributed by atoms with Gasteiger partial charge in [-0.15, -0.1) is 0 Å². The van der Waals surface area contributed by atoms with Crippen LogP contribution in [0.1, 0.15) is 88.8 Å². The second-order valence-electron chi connectivity index (χ2n) is 12.6. The Balaban J connectivity index is 1.60. The summed E-state index contributed by atoms with van der Waals surface area (Å²) in [4.78, 5) is 0. The molecule has 5 heteroatoms. The van der Waals surface area contributed by atoms with E-state index in [9.17, 15) is 10.2 Å². The van der Waals surface area contributed by atoms with Crippen LogP contribution in [0.5, 0.6) is 5.75 Å². The topological polar surface area (TPSA) is 87.7 Å². The lowest BCUT2D eigenvalue weighted by Crippen LogP contribution is -2.77. The summed E-state index contributed by atoms with van der Waals surface area (Å²) in [6.07, 6.45) is 10.1. The van der Waals surface area contributed by atoms with Gasteiger partial charge in [0.1, 0.15) is 5.75 Å². The highest BCUT2D eigenvalue weighted by Crippen LogP contribution is 2.62. The average Bonchev–Trinajstić information content (AvgIpc) is 2.83. The van der Waals surface area contributed by atoms with Crippen LogP contribution in [-0.4, -0.2) is 40.1 Å². The van der Waals surface area contributed by atoms with Crippen LogP contribution in [0.3, 0.4) is 0 Å². The molecule has 6 atom stereocenters.